The van der Waals surface area contributed by atoms with Crippen molar-refractivity contribution in [2.75, 3.05) is 30.7 Å². The topological polar surface area (TPSA) is 75.9 Å². The molecule has 0 unspecified atom stereocenters. The Bertz CT molecular complexity index is 989. The van der Waals surface area contributed by atoms with Gasteiger partial charge in [-0.2, -0.15) is 0 Å². The molecule has 0 atom stereocenters. The molecule has 4 rings (SSSR count). The van der Waals surface area contributed by atoms with Crippen LogP contribution in [0.3, 0.4) is 0 Å². The smallest absolute Gasteiger partial charge is 0.234 e. The lowest BCUT2D eigenvalue weighted by Crippen LogP contribution is -2.32. The Morgan fingerprint density at radius 3 is 2.48 bits per heavy atom. The zero-order chi connectivity index (χ0) is 21.5. The van der Waals surface area contributed by atoms with Crippen LogP contribution in [0.5, 0.6) is 0 Å². The summed E-state index contributed by atoms with van der Waals surface area (Å²) >= 11 is 7.30. The molecule has 3 heterocycles. The summed E-state index contributed by atoms with van der Waals surface area (Å²) in [7, 11) is 0. The molecule has 162 valence electrons. The van der Waals surface area contributed by atoms with Gasteiger partial charge in [0, 0.05) is 41.8 Å². The SMILES string of the molecule is O=C(CSc1nnc(-c2ccncc2)n1CCN1CCCCC1)Nc1ccc(Cl)cc1. The highest BCUT2D eigenvalue weighted by Crippen LogP contribution is 2.24. The minimum absolute atomic E-state index is 0.0941. The van der Waals surface area contributed by atoms with Crippen molar-refractivity contribution < 1.29 is 4.79 Å². The molecule has 9 heteroatoms. The number of hydrogen-bond acceptors (Lipinski definition) is 6. The van der Waals surface area contributed by atoms with E-state index in [0.717, 1.165) is 48.4 Å². The fourth-order valence-corrected chi connectivity index (χ4v) is 4.49. The summed E-state index contributed by atoms with van der Waals surface area (Å²) in [5.74, 6) is 0.962. The maximum Gasteiger partial charge on any atom is 0.234 e. The van der Waals surface area contributed by atoms with E-state index < -0.39 is 0 Å². The number of anilines is 1. The highest BCUT2D eigenvalue weighted by atomic mass is 35.5. The number of nitrogens with zero attached hydrogens (tertiary/aromatic N) is 5. The lowest BCUT2D eigenvalue weighted by molar-refractivity contribution is -0.113. The van der Waals surface area contributed by atoms with Crippen LogP contribution in [0.1, 0.15) is 19.3 Å². The molecule has 1 amide bonds. The first-order valence-electron chi connectivity index (χ1n) is 10.4. The van der Waals surface area contributed by atoms with Crippen molar-refractivity contribution in [3.63, 3.8) is 0 Å². The fraction of sp³-hybridized carbons (Fsp3) is 0.364. The summed E-state index contributed by atoms with van der Waals surface area (Å²) in [5, 5.41) is 13.1. The first kappa shape index (κ1) is 21.8. The highest BCUT2D eigenvalue weighted by Gasteiger charge is 2.17. The molecule has 1 aliphatic heterocycles. The number of piperidine rings is 1. The van der Waals surface area contributed by atoms with Gasteiger partial charge in [-0.1, -0.05) is 29.8 Å². The van der Waals surface area contributed by atoms with Crippen LogP contribution in [-0.4, -0.2) is 55.9 Å². The average molecular weight is 457 g/mol. The molecular weight excluding hydrogens is 432 g/mol. The molecular formula is C22H25ClN6OS. The van der Waals surface area contributed by atoms with Crippen LogP contribution in [-0.2, 0) is 11.3 Å². The van der Waals surface area contributed by atoms with Gasteiger partial charge in [0.05, 0.1) is 5.75 Å². The summed E-state index contributed by atoms with van der Waals surface area (Å²) in [6.07, 6.45) is 7.34. The number of likely N-dealkylation sites (tertiary alicyclic amines) is 1. The number of carbonyl (C=O) groups excluding carboxylic acids is 1. The van der Waals surface area contributed by atoms with Gasteiger partial charge in [0.2, 0.25) is 5.91 Å². The second-order valence-electron chi connectivity index (χ2n) is 7.44. The molecule has 1 N–H and O–H groups in total. The second kappa shape index (κ2) is 10.7. The Balaban J connectivity index is 1.44. The van der Waals surface area contributed by atoms with E-state index in [1.54, 1.807) is 36.7 Å². The molecule has 31 heavy (non-hydrogen) atoms. The van der Waals surface area contributed by atoms with Crippen LogP contribution in [0.4, 0.5) is 5.69 Å². The zero-order valence-electron chi connectivity index (χ0n) is 17.2. The van der Waals surface area contributed by atoms with E-state index in [-0.39, 0.29) is 11.7 Å². The fourth-order valence-electron chi connectivity index (χ4n) is 3.60. The molecule has 0 spiro atoms. The van der Waals surface area contributed by atoms with Gasteiger partial charge in [-0.15, -0.1) is 10.2 Å². The van der Waals surface area contributed by atoms with Crippen LogP contribution in [0.2, 0.25) is 5.02 Å². The number of nitrogens with one attached hydrogen (secondary N) is 1. The van der Waals surface area contributed by atoms with E-state index in [2.05, 4.69) is 30.0 Å². The number of aromatic nitrogens is 4. The van der Waals surface area contributed by atoms with Crippen molar-refractivity contribution in [2.45, 2.75) is 31.0 Å². The van der Waals surface area contributed by atoms with Gasteiger partial charge >= 0.3 is 0 Å². The number of hydrogen-bond donors (Lipinski definition) is 1. The Labute approximate surface area is 191 Å². The number of carbonyl (C=O) groups is 1. The van der Waals surface area contributed by atoms with Crippen molar-refractivity contribution >= 4 is 35.0 Å². The Morgan fingerprint density at radius 1 is 1.00 bits per heavy atom. The predicted molar refractivity (Wildman–Crippen MR) is 124 cm³/mol. The first-order chi connectivity index (χ1) is 15.2. The molecule has 3 aromatic rings. The molecule has 2 aromatic heterocycles. The predicted octanol–water partition coefficient (Wildman–Crippen LogP) is 4.21. The molecule has 1 aliphatic rings. The van der Waals surface area contributed by atoms with E-state index in [1.807, 2.05) is 12.1 Å². The third-order valence-electron chi connectivity index (χ3n) is 5.20. The van der Waals surface area contributed by atoms with E-state index in [4.69, 9.17) is 11.6 Å². The summed E-state index contributed by atoms with van der Waals surface area (Å²) in [5.41, 5.74) is 1.69. The van der Waals surface area contributed by atoms with Gasteiger partial charge in [0.15, 0.2) is 11.0 Å². The van der Waals surface area contributed by atoms with Gasteiger partial charge in [0.1, 0.15) is 0 Å². The summed E-state index contributed by atoms with van der Waals surface area (Å²) in [4.78, 5) is 19.0. The lowest BCUT2D eigenvalue weighted by atomic mass is 10.1. The maximum absolute atomic E-state index is 12.4. The summed E-state index contributed by atoms with van der Waals surface area (Å²) in [6.45, 7) is 4.00. The lowest BCUT2D eigenvalue weighted by Gasteiger charge is -2.26. The van der Waals surface area contributed by atoms with Crippen LogP contribution in [0.25, 0.3) is 11.4 Å². The average Bonchev–Trinajstić information content (AvgIpc) is 3.22. The van der Waals surface area contributed by atoms with E-state index >= 15 is 0 Å². The van der Waals surface area contributed by atoms with Gasteiger partial charge in [-0.05, 0) is 62.3 Å². The van der Waals surface area contributed by atoms with Crippen molar-refractivity contribution in [1.29, 1.82) is 0 Å². The maximum atomic E-state index is 12.4. The standard InChI is InChI=1S/C22H25ClN6OS/c23-18-4-6-19(7-5-18)25-20(30)16-31-22-27-26-21(17-8-10-24-11-9-17)29(22)15-14-28-12-2-1-3-13-28/h4-11H,1-3,12-16H2,(H,25,30). The Kier molecular flexibility index (Phi) is 7.56. The molecule has 0 radical (unpaired) electrons. The third kappa shape index (κ3) is 6.06. The van der Waals surface area contributed by atoms with Crippen molar-refractivity contribution in [1.82, 2.24) is 24.6 Å². The molecule has 0 saturated carbocycles. The van der Waals surface area contributed by atoms with Crippen LogP contribution < -0.4 is 5.32 Å². The van der Waals surface area contributed by atoms with Crippen molar-refractivity contribution in [3.05, 3.63) is 53.8 Å². The van der Waals surface area contributed by atoms with Gasteiger partial charge in [-0.25, -0.2) is 0 Å². The number of thioether (sulfide) groups is 1. The first-order valence-corrected chi connectivity index (χ1v) is 11.8. The van der Waals surface area contributed by atoms with Gasteiger partial charge in [0.25, 0.3) is 0 Å². The third-order valence-corrected chi connectivity index (χ3v) is 6.42. The Hall–Kier alpha value is -2.42. The van der Waals surface area contributed by atoms with Crippen LogP contribution >= 0.6 is 23.4 Å². The summed E-state index contributed by atoms with van der Waals surface area (Å²) < 4.78 is 2.12. The monoisotopic (exact) mass is 456 g/mol. The van der Waals surface area contributed by atoms with Crippen molar-refractivity contribution in [3.8, 4) is 11.4 Å². The molecule has 7 nitrogen and oxygen atoms in total. The van der Waals surface area contributed by atoms with Gasteiger partial charge in [-0.3, -0.25) is 9.78 Å². The quantitative estimate of drug-likeness (QED) is 0.512. The molecule has 1 fully saturated rings. The minimum atomic E-state index is -0.0941. The second-order valence-corrected chi connectivity index (χ2v) is 8.82. The van der Waals surface area contributed by atoms with Crippen LogP contribution in [0.15, 0.2) is 53.9 Å². The molecule has 1 aromatic carbocycles. The van der Waals surface area contributed by atoms with Gasteiger partial charge < -0.3 is 14.8 Å². The highest BCUT2D eigenvalue weighted by molar-refractivity contribution is 7.99. The Morgan fingerprint density at radius 2 is 1.74 bits per heavy atom. The van der Waals surface area contributed by atoms with E-state index in [0.29, 0.717) is 5.02 Å². The molecule has 0 bridgehead atoms. The molecule has 0 aliphatic carbocycles. The van der Waals surface area contributed by atoms with Crippen LogP contribution in [0, 0.1) is 0 Å². The largest absolute Gasteiger partial charge is 0.325 e. The van der Waals surface area contributed by atoms with Crippen molar-refractivity contribution in [2.24, 2.45) is 0 Å². The zero-order valence-corrected chi connectivity index (χ0v) is 18.8. The summed E-state index contributed by atoms with van der Waals surface area (Å²) in [6, 6.07) is 10.9. The minimum Gasteiger partial charge on any atom is -0.325 e. The normalized spacial score (nSPS) is 14.5. The van der Waals surface area contributed by atoms with E-state index in [1.165, 1.54) is 31.0 Å². The number of halogens is 1. The number of benzene rings is 1. The number of amides is 1. The number of pyridine rings is 1. The number of rotatable bonds is 8. The van der Waals surface area contributed by atoms with E-state index in [9.17, 15) is 4.79 Å². The molecule has 1 saturated heterocycles.